The average molecular weight is 330 g/mol. The summed E-state index contributed by atoms with van der Waals surface area (Å²) in [6, 6.07) is 1.85. The van der Waals surface area contributed by atoms with E-state index in [2.05, 4.69) is 4.98 Å². The maximum Gasteiger partial charge on any atom is 0.439 e. The van der Waals surface area contributed by atoms with Gasteiger partial charge in [-0.25, -0.2) is 9.78 Å². The Balaban J connectivity index is 3.36. The summed E-state index contributed by atoms with van der Waals surface area (Å²) in [6.45, 7) is 0. The fourth-order valence-corrected chi connectivity index (χ4v) is 1.38. The second-order valence-corrected chi connectivity index (χ2v) is 4.41. The first-order chi connectivity index (χ1) is 9.91. The molecule has 5 nitrogen and oxygen atoms in total. The van der Waals surface area contributed by atoms with Crippen molar-refractivity contribution in [3.05, 3.63) is 24.4 Å². The van der Waals surface area contributed by atoms with E-state index in [1.165, 1.54) is 17.4 Å². The van der Waals surface area contributed by atoms with Crippen LogP contribution in [-0.4, -0.2) is 48.0 Å². The van der Waals surface area contributed by atoms with E-state index >= 15 is 0 Å². The summed E-state index contributed by atoms with van der Waals surface area (Å²) in [5.41, 5.74) is -4.67. The third kappa shape index (κ3) is 3.52. The van der Waals surface area contributed by atoms with Crippen LogP contribution in [0, 0.1) is 0 Å². The van der Waals surface area contributed by atoms with E-state index in [9.17, 15) is 31.1 Å². The molecule has 0 aliphatic heterocycles. The lowest BCUT2D eigenvalue weighted by atomic mass is 10.1. The molecule has 0 radical (unpaired) electrons. The van der Waals surface area contributed by atoms with Crippen molar-refractivity contribution >= 4 is 11.8 Å². The molecule has 0 unspecified atom stereocenters. The van der Waals surface area contributed by atoms with Crippen molar-refractivity contribution in [3.8, 4) is 0 Å². The van der Waals surface area contributed by atoms with E-state index in [-0.39, 0.29) is 0 Å². The molecule has 0 bridgehead atoms. The molecule has 0 fully saturated rings. The van der Waals surface area contributed by atoms with Crippen molar-refractivity contribution in [3.63, 3.8) is 0 Å². The zero-order valence-corrected chi connectivity index (χ0v) is 11.4. The van der Waals surface area contributed by atoms with Gasteiger partial charge in [0.05, 0.1) is 0 Å². The first kappa shape index (κ1) is 17.9. The molecule has 2 N–H and O–H groups in total. The predicted molar refractivity (Wildman–Crippen MR) is 64.9 cm³/mol. The molecular weight excluding hydrogens is 318 g/mol. The molecule has 1 aromatic rings. The fourth-order valence-electron chi connectivity index (χ4n) is 1.38. The second-order valence-electron chi connectivity index (χ2n) is 4.41. The fraction of sp³-hybridized carbons (Fsp3) is 0.455. The van der Waals surface area contributed by atoms with Crippen LogP contribution in [0.2, 0.25) is 0 Å². The van der Waals surface area contributed by atoms with Gasteiger partial charge in [-0.05, 0) is 12.1 Å². The number of carbonyl (C=O) groups is 1. The first-order valence-corrected chi connectivity index (χ1v) is 5.73. The van der Waals surface area contributed by atoms with E-state index in [1.54, 1.807) is 0 Å². The van der Waals surface area contributed by atoms with Crippen LogP contribution in [0.25, 0.3) is 0 Å². The number of anilines is 1. The largest absolute Gasteiger partial charge is 0.439 e. The molecule has 2 amide bonds. The number of halogens is 6. The van der Waals surface area contributed by atoms with Crippen molar-refractivity contribution < 1.29 is 31.1 Å². The van der Waals surface area contributed by atoms with E-state index in [1.807, 2.05) is 0 Å². The molecule has 124 valence electrons. The third-order valence-corrected chi connectivity index (χ3v) is 2.53. The molecule has 0 spiro atoms. The van der Waals surface area contributed by atoms with E-state index < -0.39 is 29.9 Å². The molecule has 0 saturated carbocycles. The highest BCUT2D eigenvalue weighted by Gasteiger charge is 2.73. The monoisotopic (exact) mass is 330 g/mol. The quantitative estimate of drug-likeness (QED) is 0.662. The summed E-state index contributed by atoms with van der Waals surface area (Å²) < 4.78 is 78.8. The van der Waals surface area contributed by atoms with Crippen LogP contribution in [0.4, 0.5) is 37.0 Å². The molecule has 11 heteroatoms. The van der Waals surface area contributed by atoms with Gasteiger partial charge in [0.25, 0.3) is 0 Å². The van der Waals surface area contributed by atoms with Crippen LogP contribution in [-0.2, 0) is 0 Å². The highest BCUT2D eigenvalue weighted by atomic mass is 19.4. The lowest BCUT2D eigenvalue weighted by Gasteiger charge is -2.39. The van der Waals surface area contributed by atoms with Crippen LogP contribution >= 0.6 is 0 Å². The Kier molecular flexibility index (Phi) is 4.78. The van der Waals surface area contributed by atoms with Crippen LogP contribution < -0.4 is 10.6 Å². The van der Waals surface area contributed by atoms with Crippen LogP contribution in [0.1, 0.15) is 0 Å². The average Bonchev–Trinajstić information content (AvgIpc) is 2.36. The molecule has 0 aliphatic rings. The topological polar surface area (TPSA) is 57.3 Å². The molecule has 1 aromatic heterocycles. The summed E-state index contributed by atoms with van der Waals surface area (Å²) in [5, 5.41) is 2.18. The maximum absolute atomic E-state index is 13.1. The molecule has 0 atom stereocenters. The Hall–Kier alpha value is -2.20. The summed E-state index contributed by atoms with van der Waals surface area (Å²) in [6.07, 6.45) is -10.7. The van der Waals surface area contributed by atoms with Gasteiger partial charge in [-0.2, -0.15) is 26.3 Å². The lowest BCUT2D eigenvalue weighted by Crippen LogP contribution is -2.73. The number of rotatable bonds is 3. The van der Waals surface area contributed by atoms with Crippen LogP contribution in [0.3, 0.4) is 0 Å². The van der Waals surface area contributed by atoms with Gasteiger partial charge >= 0.3 is 24.0 Å². The van der Waals surface area contributed by atoms with Crippen molar-refractivity contribution in [1.82, 2.24) is 15.2 Å². The van der Waals surface area contributed by atoms with E-state index in [0.29, 0.717) is 4.90 Å². The third-order valence-electron chi connectivity index (χ3n) is 2.53. The zero-order valence-electron chi connectivity index (χ0n) is 11.4. The number of hydrogen-bond donors (Lipinski definition) is 2. The minimum absolute atomic E-state index is 0.548. The predicted octanol–water partition coefficient (Wildman–Crippen LogP) is 2.59. The second kappa shape index (κ2) is 5.89. The summed E-state index contributed by atoms with van der Waals surface area (Å²) in [5.74, 6) is -0.698. The zero-order chi connectivity index (χ0) is 17.2. The van der Waals surface area contributed by atoms with Gasteiger partial charge in [-0.15, -0.1) is 0 Å². The molecular formula is C11H12F6N4O. The number of alkyl halides is 6. The Morgan fingerprint density at radius 1 is 1.09 bits per heavy atom. The molecule has 1 rings (SSSR count). The standard InChI is InChI=1S/C11H12F6N4O/c1-21(2)8(22)20-9(10(12,13)14,11(15,16)17)19-7-5-3-4-6-18-7/h3-6H,1-2H3,(H,18,19)(H,20,22). The van der Waals surface area contributed by atoms with Gasteiger partial charge < -0.3 is 10.2 Å². The van der Waals surface area contributed by atoms with Crippen LogP contribution in [0.15, 0.2) is 24.4 Å². The SMILES string of the molecule is CN(C)C(=O)NC(Nc1ccccn1)(C(F)(F)F)C(F)(F)F. The number of nitrogens with one attached hydrogen (secondary N) is 2. The Morgan fingerprint density at radius 3 is 2.00 bits per heavy atom. The van der Waals surface area contributed by atoms with E-state index in [0.717, 1.165) is 31.7 Å². The van der Waals surface area contributed by atoms with Crippen molar-refractivity contribution in [2.75, 3.05) is 19.4 Å². The molecule has 22 heavy (non-hydrogen) atoms. The number of urea groups is 1. The highest BCUT2D eigenvalue weighted by Crippen LogP contribution is 2.43. The number of amides is 2. The summed E-state index contributed by atoms with van der Waals surface area (Å²) in [7, 11) is 2.02. The molecule has 1 heterocycles. The Morgan fingerprint density at radius 2 is 1.64 bits per heavy atom. The first-order valence-electron chi connectivity index (χ1n) is 5.73. The van der Waals surface area contributed by atoms with Crippen molar-refractivity contribution in [1.29, 1.82) is 0 Å². The number of pyridine rings is 1. The molecule has 0 aromatic carbocycles. The van der Waals surface area contributed by atoms with Gasteiger partial charge in [0.15, 0.2) is 0 Å². The minimum atomic E-state index is -5.87. The van der Waals surface area contributed by atoms with E-state index in [4.69, 9.17) is 0 Å². The minimum Gasteiger partial charge on any atom is -0.332 e. The highest BCUT2D eigenvalue weighted by molar-refractivity contribution is 5.75. The molecule has 0 saturated heterocycles. The maximum atomic E-state index is 13.1. The Bertz CT molecular complexity index is 500. The number of carbonyl (C=O) groups excluding carboxylic acids is 1. The lowest BCUT2D eigenvalue weighted by molar-refractivity contribution is -0.294. The van der Waals surface area contributed by atoms with Gasteiger partial charge in [-0.3, -0.25) is 5.32 Å². The summed E-state index contributed by atoms with van der Waals surface area (Å²) >= 11 is 0. The van der Waals surface area contributed by atoms with Gasteiger partial charge in [0, 0.05) is 20.3 Å². The number of hydrogen-bond acceptors (Lipinski definition) is 3. The normalized spacial score (nSPS) is 12.7. The van der Waals surface area contributed by atoms with Gasteiger partial charge in [-0.1, -0.05) is 6.07 Å². The number of nitrogens with zero attached hydrogens (tertiary/aromatic N) is 2. The van der Waals surface area contributed by atoms with Gasteiger partial charge in [0.2, 0.25) is 0 Å². The smallest absolute Gasteiger partial charge is 0.332 e. The van der Waals surface area contributed by atoms with Gasteiger partial charge in [0.1, 0.15) is 5.82 Å². The Labute approximate surface area is 121 Å². The summed E-state index contributed by atoms with van der Waals surface area (Å²) in [4.78, 5) is 15.3. The number of aromatic nitrogens is 1. The van der Waals surface area contributed by atoms with Crippen LogP contribution in [0.5, 0.6) is 0 Å². The molecule has 0 aliphatic carbocycles. The van der Waals surface area contributed by atoms with Crippen molar-refractivity contribution in [2.24, 2.45) is 0 Å². The van der Waals surface area contributed by atoms with Crippen molar-refractivity contribution in [2.45, 2.75) is 18.0 Å².